The van der Waals surface area contributed by atoms with E-state index in [0.717, 1.165) is 25.7 Å². The van der Waals surface area contributed by atoms with Crippen LogP contribution in [0.25, 0.3) is 0 Å². The Bertz CT molecular complexity index is 614. The van der Waals surface area contributed by atoms with Crippen molar-refractivity contribution in [1.82, 2.24) is 0 Å². The fraction of sp³-hybridized carbons (Fsp3) is 0.897. The van der Waals surface area contributed by atoms with Crippen molar-refractivity contribution >= 4 is 11.9 Å². The summed E-state index contributed by atoms with van der Waals surface area (Å²) in [5.74, 6) is -1.09. The Labute approximate surface area is 268 Å². The highest BCUT2D eigenvalue weighted by Crippen LogP contribution is 2.17. The Balaban J connectivity index is 3.56. The van der Waals surface area contributed by atoms with Gasteiger partial charge in [0.25, 0.3) is 0 Å². The highest BCUT2D eigenvalue weighted by atomic mass is 16.5. The van der Waals surface area contributed by atoms with E-state index < -0.39 is 12.1 Å². The zero-order valence-electron chi connectivity index (χ0n) is 29.0. The van der Waals surface area contributed by atoms with E-state index in [2.05, 4.69) is 26.0 Å². The third kappa shape index (κ3) is 35.0. The van der Waals surface area contributed by atoms with Crippen LogP contribution in [0.15, 0.2) is 12.2 Å². The van der Waals surface area contributed by atoms with Gasteiger partial charge in [-0.25, -0.2) is 0 Å². The minimum Gasteiger partial charge on any atom is -0.481 e. The van der Waals surface area contributed by atoms with E-state index in [1.54, 1.807) is 0 Å². The molecule has 4 heteroatoms. The summed E-state index contributed by atoms with van der Waals surface area (Å²) in [5, 5.41) is 9.22. The zero-order valence-corrected chi connectivity index (χ0v) is 29.0. The quantitative estimate of drug-likeness (QED) is 0.0443. The van der Waals surface area contributed by atoms with E-state index in [0.29, 0.717) is 12.8 Å². The van der Waals surface area contributed by atoms with Gasteiger partial charge in [0.1, 0.15) is 6.10 Å². The van der Waals surface area contributed by atoms with E-state index >= 15 is 0 Å². The average Bonchev–Trinajstić information content (AvgIpc) is 2.98. The first-order valence-electron chi connectivity index (χ1n) is 19.2. The van der Waals surface area contributed by atoms with Crippen molar-refractivity contribution in [2.45, 2.75) is 225 Å². The second-order valence-electron chi connectivity index (χ2n) is 13.1. The molecule has 0 fully saturated rings. The number of aliphatic carboxylic acids is 1. The van der Waals surface area contributed by atoms with Crippen LogP contribution in [0.4, 0.5) is 0 Å². The zero-order chi connectivity index (χ0) is 31.5. The Hall–Kier alpha value is -1.32. The number of rotatable bonds is 35. The first-order chi connectivity index (χ1) is 21.1. The third-order valence-electron chi connectivity index (χ3n) is 8.72. The van der Waals surface area contributed by atoms with Crippen molar-refractivity contribution in [3.8, 4) is 0 Å². The molecule has 0 aromatic heterocycles. The second kappa shape index (κ2) is 35.2. The molecule has 0 aromatic carbocycles. The molecule has 0 spiro atoms. The van der Waals surface area contributed by atoms with Crippen molar-refractivity contribution in [1.29, 1.82) is 0 Å². The van der Waals surface area contributed by atoms with Crippen LogP contribution >= 0.6 is 0 Å². The summed E-state index contributed by atoms with van der Waals surface area (Å²) in [6.07, 6.45) is 42.4. The number of carboxylic acid groups (broad SMARTS) is 1. The molecule has 1 N–H and O–H groups in total. The number of carbonyl (C=O) groups is 2. The maximum atomic E-state index is 12.3. The summed E-state index contributed by atoms with van der Waals surface area (Å²) in [4.78, 5) is 23.5. The van der Waals surface area contributed by atoms with E-state index in [1.807, 2.05) is 0 Å². The summed E-state index contributed by atoms with van der Waals surface area (Å²) in [5.41, 5.74) is 0. The van der Waals surface area contributed by atoms with Crippen molar-refractivity contribution in [2.75, 3.05) is 0 Å². The number of carbonyl (C=O) groups excluding carboxylic acids is 1. The molecule has 0 radical (unpaired) electrons. The van der Waals surface area contributed by atoms with Crippen LogP contribution in [0, 0.1) is 0 Å². The Morgan fingerprint density at radius 3 is 1.26 bits per heavy atom. The number of carboxylic acids is 1. The monoisotopic (exact) mass is 607 g/mol. The van der Waals surface area contributed by atoms with Crippen molar-refractivity contribution in [2.24, 2.45) is 0 Å². The van der Waals surface area contributed by atoms with Gasteiger partial charge in [-0.15, -0.1) is 0 Å². The number of unbranched alkanes of at least 4 members (excludes halogenated alkanes) is 26. The maximum Gasteiger partial charge on any atom is 0.307 e. The van der Waals surface area contributed by atoms with Crippen LogP contribution in [-0.4, -0.2) is 23.1 Å². The molecule has 0 saturated heterocycles. The molecule has 0 aliphatic rings. The van der Waals surface area contributed by atoms with Crippen LogP contribution in [0.1, 0.15) is 219 Å². The number of ether oxygens (including phenoxy) is 1. The summed E-state index contributed by atoms with van der Waals surface area (Å²) >= 11 is 0. The Kier molecular flexibility index (Phi) is 34.1. The van der Waals surface area contributed by atoms with Gasteiger partial charge in [0.2, 0.25) is 0 Å². The van der Waals surface area contributed by atoms with E-state index in [9.17, 15) is 14.7 Å². The molecule has 0 aliphatic heterocycles. The minimum absolute atomic E-state index is 0.0699. The molecule has 0 rings (SSSR count). The van der Waals surface area contributed by atoms with Gasteiger partial charge in [-0.05, 0) is 44.9 Å². The lowest BCUT2D eigenvalue weighted by Gasteiger charge is -2.16. The van der Waals surface area contributed by atoms with Crippen LogP contribution in [0.5, 0.6) is 0 Å². The smallest absolute Gasteiger partial charge is 0.307 e. The van der Waals surface area contributed by atoms with Crippen LogP contribution in [0.2, 0.25) is 0 Å². The van der Waals surface area contributed by atoms with Crippen molar-refractivity contribution in [3.63, 3.8) is 0 Å². The Morgan fingerprint density at radius 1 is 0.512 bits per heavy atom. The third-order valence-corrected chi connectivity index (χ3v) is 8.72. The average molecular weight is 607 g/mol. The molecule has 254 valence electrons. The fourth-order valence-corrected chi connectivity index (χ4v) is 5.90. The van der Waals surface area contributed by atoms with Crippen molar-refractivity contribution in [3.05, 3.63) is 12.2 Å². The molecule has 4 nitrogen and oxygen atoms in total. The van der Waals surface area contributed by atoms with E-state index in [4.69, 9.17) is 4.74 Å². The lowest BCUT2D eigenvalue weighted by Crippen LogP contribution is -2.21. The number of esters is 1. The van der Waals surface area contributed by atoms with Gasteiger partial charge in [0, 0.05) is 6.42 Å². The van der Waals surface area contributed by atoms with Crippen LogP contribution < -0.4 is 0 Å². The maximum absolute atomic E-state index is 12.3. The van der Waals surface area contributed by atoms with Gasteiger partial charge in [-0.3, -0.25) is 9.59 Å². The first-order valence-corrected chi connectivity index (χ1v) is 19.2. The van der Waals surface area contributed by atoms with Crippen LogP contribution in [-0.2, 0) is 14.3 Å². The van der Waals surface area contributed by atoms with Gasteiger partial charge >= 0.3 is 11.9 Å². The number of hydrogen-bond acceptors (Lipinski definition) is 3. The van der Waals surface area contributed by atoms with Gasteiger partial charge in [-0.1, -0.05) is 174 Å². The lowest BCUT2D eigenvalue weighted by atomic mass is 10.0. The lowest BCUT2D eigenvalue weighted by molar-refractivity contribution is -0.153. The highest BCUT2D eigenvalue weighted by Gasteiger charge is 2.17. The molecule has 0 amide bonds. The summed E-state index contributed by atoms with van der Waals surface area (Å²) in [6, 6.07) is 0. The normalized spacial score (nSPS) is 12.2. The molecule has 0 saturated carbocycles. The van der Waals surface area contributed by atoms with Gasteiger partial charge in [-0.2, -0.15) is 0 Å². The first kappa shape index (κ1) is 41.7. The standard InChI is InChI=1S/C39H74O4/c1-3-5-7-9-11-13-15-16-17-18-19-20-21-22-23-24-25-27-29-31-33-35-39(42)43-37(36-38(40)41)34-32-30-28-26-14-12-10-8-6-4-2/h16-17,37H,3-15,18-36H2,1-2H3,(H,40,41)/b17-16-. The summed E-state index contributed by atoms with van der Waals surface area (Å²) in [6.45, 7) is 4.52. The molecule has 0 heterocycles. The van der Waals surface area contributed by atoms with Crippen molar-refractivity contribution < 1.29 is 19.4 Å². The SMILES string of the molecule is CCCCCCCC/C=C\CCCCCCCCCCCCCC(=O)OC(CCCCCCCCCCCC)CC(=O)O. The molecular weight excluding hydrogens is 532 g/mol. The fourth-order valence-electron chi connectivity index (χ4n) is 5.90. The molecule has 0 aliphatic carbocycles. The minimum atomic E-state index is -0.879. The molecular formula is C39H74O4. The van der Waals surface area contributed by atoms with Gasteiger partial charge in [0.05, 0.1) is 6.42 Å². The molecule has 0 bridgehead atoms. The summed E-state index contributed by atoms with van der Waals surface area (Å²) in [7, 11) is 0. The predicted molar refractivity (Wildman–Crippen MR) is 186 cm³/mol. The molecule has 1 unspecified atom stereocenters. The number of allylic oxidation sites excluding steroid dienone is 2. The topological polar surface area (TPSA) is 63.6 Å². The van der Waals surface area contributed by atoms with Gasteiger partial charge < -0.3 is 9.84 Å². The molecule has 43 heavy (non-hydrogen) atoms. The van der Waals surface area contributed by atoms with Crippen LogP contribution in [0.3, 0.4) is 0 Å². The van der Waals surface area contributed by atoms with Gasteiger partial charge in [0.15, 0.2) is 0 Å². The van der Waals surface area contributed by atoms with E-state index in [1.165, 1.54) is 161 Å². The predicted octanol–water partition coefficient (Wildman–Crippen LogP) is 13.1. The Morgan fingerprint density at radius 2 is 0.860 bits per heavy atom. The van der Waals surface area contributed by atoms with E-state index in [-0.39, 0.29) is 12.4 Å². The molecule has 1 atom stereocenters. The highest BCUT2D eigenvalue weighted by molar-refractivity contribution is 5.71. The summed E-state index contributed by atoms with van der Waals surface area (Å²) < 4.78 is 5.56. The molecule has 0 aromatic rings. The second-order valence-corrected chi connectivity index (χ2v) is 13.1. The largest absolute Gasteiger partial charge is 0.481 e. The number of hydrogen-bond donors (Lipinski definition) is 1.